The molecule has 5 amide bonds. The minimum absolute atomic E-state index is 0.0208. The van der Waals surface area contributed by atoms with Crippen LogP contribution in [-0.2, 0) is 19.2 Å². The van der Waals surface area contributed by atoms with E-state index < -0.39 is 47.0 Å². The summed E-state index contributed by atoms with van der Waals surface area (Å²) in [5.74, 6) is -3.88. The zero-order valence-electron chi connectivity index (χ0n) is 16.4. The molecule has 3 aliphatic rings. The van der Waals surface area contributed by atoms with Crippen LogP contribution in [0.4, 0.5) is 5.69 Å². The van der Waals surface area contributed by atoms with Crippen molar-refractivity contribution in [3.05, 3.63) is 29.3 Å². The van der Waals surface area contributed by atoms with Crippen molar-refractivity contribution >= 4 is 41.2 Å². The monoisotopic (exact) mass is 428 g/mol. The lowest BCUT2D eigenvalue weighted by molar-refractivity contribution is -0.143. The average Bonchev–Trinajstić information content (AvgIpc) is 3.48. The van der Waals surface area contributed by atoms with E-state index in [1.807, 2.05) is 0 Å². The number of carbonyl (C=O) groups is 6. The van der Waals surface area contributed by atoms with E-state index in [-0.39, 0.29) is 42.7 Å². The number of hydrogen-bond donors (Lipinski definition) is 4. The Morgan fingerprint density at radius 2 is 1.90 bits per heavy atom. The second kappa shape index (κ2) is 7.49. The Morgan fingerprint density at radius 3 is 2.55 bits per heavy atom. The number of carboxylic acid groups (broad SMARTS) is 1. The van der Waals surface area contributed by atoms with Crippen LogP contribution in [0.15, 0.2) is 18.2 Å². The second-order valence-electron chi connectivity index (χ2n) is 7.89. The SMILES string of the molecule is O=C(CNc1cccc2c1C(=O)N(C1CCC(=O)NC1=O)C2=O)NCC1(C(=O)O)CC1. The van der Waals surface area contributed by atoms with E-state index in [2.05, 4.69) is 16.0 Å². The molecule has 0 aromatic heterocycles. The number of amides is 5. The second-order valence-corrected chi connectivity index (χ2v) is 7.89. The van der Waals surface area contributed by atoms with Crippen LogP contribution in [0.2, 0.25) is 0 Å². The fraction of sp³-hybridized carbons (Fsp3) is 0.400. The lowest BCUT2D eigenvalue weighted by Gasteiger charge is -2.27. The van der Waals surface area contributed by atoms with Crippen molar-refractivity contribution in [3.8, 4) is 0 Å². The fourth-order valence-electron chi connectivity index (χ4n) is 3.79. The Kier molecular flexibility index (Phi) is 4.96. The van der Waals surface area contributed by atoms with Gasteiger partial charge < -0.3 is 15.7 Å². The Balaban J connectivity index is 1.45. The third kappa shape index (κ3) is 3.62. The van der Waals surface area contributed by atoms with Gasteiger partial charge in [-0.15, -0.1) is 0 Å². The predicted octanol–water partition coefficient (Wildman–Crippen LogP) is -0.519. The van der Waals surface area contributed by atoms with Gasteiger partial charge in [-0.1, -0.05) is 6.07 Å². The molecule has 2 fully saturated rings. The number of nitrogens with zero attached hydrogens (tertiary/aromatic N) is 1. The number of aliphatic carboxylic acids is 1. The molecule has 0 spiro atoms. The highest BCUT2D eigenvalue weighted by molar-refractivity contribution is 6.25. The number of anilines is 1. The molecule has 1 atom stereocenters. The van der Waals surface area contributed by atoms with E-state index in [4.69, 9.17) is 5.11 Å². The summed E-state index contributed by atoms with van der Waals surface area (Å²) in [5, 5.41) is 16.7. The van der Waals surface area contributed by atoms with Crippen molar-refractivity contribution in [3.63, 3.8) is 0 Å². The molecule has 1 saturated heterocycles. The van der Waals surface area contributed by atoms with Crippen molar-refractivity contribution in [1.29, 1.82) is 0 Å². The van der Waals surface area contributed by atoms with Gasteiger partial charge in [0.15, 0.2) is 0 Å². The summed E-state index contributed by atoms with van der Waals surface area (Å²) < 4.78 is 0. The zero-order chi connectivity index (χ0) is 22.3. The molecule has 0 bridgehead atoms. The van der Waals surface area contributed by atoms with Gasteiger partial charge in [-0.2, -0.15) is 0 Å². The normalized spacial score (nSPS) is 21.4. The molecule has 1 aromatic carbocycles. The first-order valence-electron chi connectivity index (χ1n) is 9.82. The maximum Gasteiger partial charge on any atom is 0.311 e. The van der Waals surface area contributed by atoms with Crippen molar-refractivity contribution in [2.45, 2.75) is 31.7 Å². The van der Waals surface area contributed by atoms with Crippen LogP contribution in [-0.4, -0.2) is 64.6 Å². The van der Waals surface area contributed by atoms with Crippen molar-refractivity contribution < 1.29 is 33.9 Å². The van der Waals surface area contributed by atoms with Crippen LogP contribution in [0.3, 0.4) is 0 Å². The number of fused-ring (bicyclic) bond motifs is 1. The van der Waals surface area contributed by atoms with Crippen LogP contribution in [0.1, 0.15) is 46.4 Å². The molecule has 11 heteroatoms. The number of imide groups is 2. The average molecular weight is 428 g/mol. The Morgan fingerprint density at radius 1 is 1.16 bits per heavy atom. The van der Waals surface area contributed by atoms with E-state index in [9.17, 15) is 28.8 Å². The Hall–Kier alpha value is -3.76. The number of nitrogens with one attached hydrogen (secondary N) is 3. The van der Waals surface area contributed by atoms with Gasteiger partial charge in [0, 0.05) is 18.7 Å². The molecule has 1 aromatic rings. The number of hydrogen-bond acceptors (Lipinski definition) is 7. The van der Waals surface area contributed by atoms with E-state index in [1.54, 1.807) is 6.07 Å². The molecule has 2 aliphatic heterocycles. The zero-order valence-corrected chi connectivity index (χ0v) is 16.4. The summed E-state index contributed by atoms with van der Waals surface area (Å²) in [6, 6.07) is 3.45. The van der Waals surface area contributed by atoms with Gasteiger partial charge >= 0.3 is 5.97 Å². The third-order valence-corrected chi connectivity index (χ3v) is 5.84. The van der Waals surface area contributed by atoms with E-state index >= 15 is 0 Å². The molecule has 1 unspecified atom stereocenters. The Labute approximate surface area is 176 Å². The lowest BCUT2D eigenvalue weighted by Crippen LogP contribution is -2.54. The smallest absolute Gasteiger partial charge is 0.311 e. The first-order valence-corrected chi connectivity index (χ1v) is 9.82. The van der Waals surface area contributed by atoms with Crippen LogP contribution in [0, 0.1) is 5.41 Å². The van der Waals surface area contributed by atoms with Crippen molar-refractivity contribution in [2.24, 2.45) is 5.41 Å². The molecule has 4 N–H and O–H groups in total. The van der Waals surface area contributed by atoms with Crippen LogP contribution in [0.5, 0.6) is 0 Å². The minimum Gasteiger partial charge on any atom is -0.481 e. The fourth-order valence-corrected chi connectivity index (χ4v) is 3.79. The number of piperidine rings is 1. The topological polar surface area (TPSA) is 162 Å². The molecule has 11 nitrogen and oxygen atoms in total. The van der Waals surface area contributed by atoms with Gasteiger partial charge in [-0.25, -0.2) is 0 Å². The quantitative estimate of drug-likeness (QED) is 0.422. The van der Waals surface area contributed by atoms with Crippen LogP contribution in [0.25, 0.3) is 0 Å². The van der Waals surface area contributed by atoms with Gasteiger partial charge in [0.25, 0.3) is 11.8 Å². The number of benzene rings is 1. The Bertz CT molecular complexity index is 1030. The highest BCUT2D eigenvalue weighted by Gasteiger charge is 2.50. The highest BCUT2D eigenvalue weighted by atomic mass is 16.4. The maximum absolute atomic E-state index is 13.0. The van der Waals surface area contributed by atoms with Crippen molar-refractivity contribution in [2.75, 3.05) is 18.4 Å². The largest absolute Gasteiger partial charge is 0.481 e. The molecule has 162 valence electrons. The summed E-state index contributed by atoms with van der Waals surface area (Å²) in [6.07, 6.45) is 1.09. The first-order chi connectivity index (χ1) is 14.7. The predicted molar refractivity (Wildman–Crippen MR) is 104 cm³/mol. The minimum atomic E-state index is -1.08. The number of rotatable bonds is 7. The van der Waals surface area contributed by atoms with E-state index in [0.29, 0.717) is 12.8 Å². The standard InChI is InChI=1S/C20H20N4O7/c25-13-5-4-12(16(27)23-13)24-17(28)10-2-1-3-11(15(10)18(24)29)21-8-14(26)22-9-20(6-7-20)19(30)31/h1-3,12,21H,4-9H2,(H,22,26)(H,30,31)(H,23,25,27). The van der Waals surface area contributed by atoms with Crippen LogP contribution >= 0.6 is 0 Å². The lowest BCUT2D eigenvalue weighted by atomic mass is 10.0. The molecule has 2 heterocycles. The molecular formula is C20H20N4O7. The first kappa shape index (κ1) is 20.5. The van der Waals surface area contributed by atoms with Gasteiger partial charge in [0.1, 0.15) is 6.04 Å². The molecule has 4 rings (SSSR count). The van der Waals surface area contributed by atoms with E-state index in [0.717, 1.165) is 4.90 Å². The molecule has 31 heavy (non-hydrogen) atoms. The third-order valence-electron chi connectivity index (χ3n) is 5.84. The van der Waals surface area contributed by atoms with Gasteiger partial charge in [-0.05, 0) is 31.4 Å². The van der Waals surface area contributed by atoms with E-state index in [1.165, 1.54) is 12.1 Å². The molecule has 0 radical (unpaired) electrons. The van der Waals surface area contributed by atoms with Gasteiger partial charge in [0.05, 0.1) is 23.1 Å². The van der Waals surface area contributed by atoms with Crippen LogP contribution < -0.4 is 16.0 Å². The maximum atomic E-state index is 13.0. The molecular weight excluding hydrogens is 408 g/mol. The molecule has 1 saturated carbocycles. The molecule has 1 aliphatic carbocycles. The summed E-state index contributed by atoms with van der Waals surface area (Å²) in [4.78, 5) is 73.4. The van der Waals surface area contributed by atoms with Crippen molar-refractivity contribution in [1.82, 2.24) is 15.5 Å². The number of carbonyl (C=O) groups excluding carboxylic acids is 5. The summed E-state index contributed by atoms with van der Waals surface area (Å²) in [6.45, 7) is -0.206. The summed E-state index contributed by atoms with van der Waals surface area (Å²) in [5.41, 5.74) is -0.494. The highest BCUT2D eigenvalue weighted by Crippen LogP contribution is 2.45. The van der Waals surface area contributed by atoms with Gasteiger partial charge in [-0.3, -0.25) is 39.0 Å². The summed E-state index contributed by atoms with van der Waals surface area (Å²) in [7, 11) is 0. The summed E-state index contributed by atoms with van der Waals surface area (Å²) >= 11 is 0. The number of carboxylic acids is 1. The van der Waals surface area contributed by atoms with Gasteiger partial charge in [0.2, 0.25) is 17.7 Å².